The summed E-state index contributed by atoms with van der Waals surface area (Å²) in [6, 6.07) is 2.94. The Bertz CT molecular complexity index is 510. The van der Waals surface area contributed by atoms with E-state index in [1.54, 1.807) is 6.92 Å². The highest BCUT2D eigenvalue weighted by Gasteiger charge is 2.13. The Morgan fingerprint density at radius 2 is 2.00 bits per heavy atom. The van der Waals surface area contributed by atoms with Gasteiger partial charge in [-0.15, -0.1) is 0 Å². The van der Waals surface area contributed by atoms with Gasteiger partial charge in [-0.05, 0) is 19.1 Å². The lowest BCUT2D eigenvalue weighted by Gasteiger charge is -2.06. The van der Waals surface area contributed by atoms with E-state index in [0.29, 0.717) is 0 Å². The van der Waals surface area contributed by atoms with Crippen LogP contribution in [0.5, 0.6) is 0 Å². The molecule has 9 heteroatoms. The SMILES string of the molecule is CCOC(=O)NC(=O)COC(=O)CNC(=O)c1ccco1. The Balaban J connectivity index is 2.20. The number of ether oxygens (including phenoxy) is 2. The second-order valence-corrected chi connectivity index (χ2v) is 3.59. The Kier molecular flexibility index (Phi) is 6.45. The van der Waals surface area contributed by atoms with Crippen molar-refractivity contribution in [1.82, 2.24) is 10.6 Å². The molecule has 114 valence electrons. The van der Waals surface area contributed by atoms with Crippen LogP contribution in [0.2, 0.25) is 0 Å². The van der Waals surface area contributed by atoms with Gasteiger partial charge in [0, 0.05) is 0 Å². The maximum absolute atomic E-state index is 11.4. The fraction of sp³-hybridized carbons (Fsp3) is 0.333. The van der Waals surface area contributed by atoms with Crippen molar-refractivity contribution in [2.24, 2.45) is 0 Å². The minimum Gasteiger partial charge on any atom is -0.459 e. The van der Waals surface area contributed by atoms with Crippen molar-refractivity contribution in [3.63, 3.8) is 0 Å². The highest BCUT2D eigenvalue weighted by Crippen LogP contribution is 1.98. The number of nitrogens with one attached hydrogen (secondary N) is 2. The Labute approximate surface area is 119 Å². The van der Waals surface area contributed by atoms with Gasteiger partial charge in [0.25, 0.3) is 11.8 Å². The Morgan fingerprint density at radius 1 is 1.24 bits per heavy atom. The predicted octanol–water partition coefficient (Wildman–Crippen LogP) is -0.175. The molecule has 0 aliphatic carbocycles. The maximum Gasteiger partial charge on any atom is 0.413 e. The topological polar surface area (TPSA) is 124 Å². The first-order valence-corrected chi connectivity index (χ1v) is 5.97. The minimum absolute atomic E-state index is 0.0443. The third-order valence-electron chi connectivity index (χ3n) is 2.02. The van der Waals surface area contributed by atoms with Gasteiger partial charge in [-0.25, -0.2) is 4.79 Å². The Hall–Kier alpha value is -2.84. The molecule has 0 unspecified atom stereocenters. The van der Waals surface area contributed by atoms with Crippen LogP contribution >= 0.6 is 0 Å². The maximum atomic E-state index is 11.4. The third-order valence-corrected chi connectivity index (χ3v) is 2.02. The zero-order valence-corrected chi connectivity index (χ0v) is 11.2. The van der Waals surface area contributed by atoms with Gasteiger partial charge >= 0.3 is 12.1 Å². The van der Waals surface area contributed by atoms with Crippen molar-refractivity contribution < 1.29 is 33.1 Å². The van der Waals surface area contributed by atoms with Crippen LogP contribution in [0, 0.1) is 0 Å². The first-order chi connectivity index (χ1) is 10.0. The molecule has 1 rings (SSSR count). The van der Waals surface area contributed by atoms with E-state index in [1.807, 2.05) is 5.32 Å². The summed E-state index contributed by atoms with van der Waals surface area (Å²) in [5.41, 5.74) is 0. The average molecular weight is 298 g/mol. The van der Waals surface area contributed by atoms with Crippen molar-refractivity contribution in [2.75, 3.05) is 19.8 Å². The minimum atomic E-state index is -0.926. The zero-order valence-electron chi connectivity index (χ0n) is 11.2. The van der Waals surface area contributed by atoms with Crippen molar-refractivity contribution in [2.45, 2.75) is 6.92 Å². The van der Waals surface area contributed by atoms with Crippen LogP contribution < -0.4 is 10.6 Å². The van der Waals surface area contributed by atoms with Gasteiger partial charge in [0.2, 0.25) is 0 Å². The molecule has 0 radical (unpaired) electrons. The lowest BCUT2D eigenvalue weighted by Crippen LogP contribution is -2.36. The number of hydrogen-bond acceptors (Lipinski definition) is 7. The molecule has 2 N–H and O–H groups in total. The second kappa shape index (κ2) is 8.35. The number of carbonyl (C=O) groups is 4. The van der Waals surface area contributed by atoms with Crippen LogP contribution in [0.25, 0.3) is 0 Å². The molecule has 0 bridgehead atoms. The highest BCUT2D eigenvalue weighted by atomic mass is 16.6. The molecule has 9 nitrogen and oxygen atoms in total. The summed E-state index contributed by atoms with van der Waals surface area (Å²) in [5.74, 6) is -2.22. The molecular formula is C12H14N2O7. The fourth-order valence-electron chi connectivity index (χ4n) is 1.16. The number of alkyl carbamates (subject to hydrolysis) is 1. The van der Waals surface area contributed by atoms with Gasteiger partial charge in [0.15, 0.2) is 12.4 Å². The molecular weight excluding hydrogens is 284 g/mol. The van der Waals surface area contributed by atoms with Crippen molar-refractivity contribution >= 4 is 23.9 Å². The summed E-state index contributed by atoms with van der Waals surface area (Å²) >= 11 is 0. The van der Waals surface area contributed by atoms with E-state index in [0.717, 1.165) is 0 Å². The predicted molar refractivity (Wildman–Crippen MR) is 67.2 cm³/mol. The van der Waals surface area contributed by atoms with E-state index >= 15 is 0 Å². The summed E-state index contributed by atoms with van der Waals surface area (Å²) in [6.45, 7) is 0.587. The van der Waals surface area contributed by atoms with Crippen LogP contribution in [-0.2, 0) is 19.1 Å². The second-order valence-electron chi connectivity index (χ2n) is 3.59. The van der Waals surface area contributed by atoms with E-state index in [9.17, 15) is 19.2 Å². The zero-order chi connectivity index (χ0) is 15.7. The van der Waals surface area contributed by atoms with Crippen molar-refractivity contribution in [3.8, 4) is 0 Å². The number of amides is 3. The molecule has 0 aliphatic heterocycles. The molecule has 0 saturated heterocycles. The molecule has 0 fully saturated rings. The highest BCUT2D eigenvalue weighted by molar-refractivity contribution is 5.95. The van der Waals surface area contributed by atoms with Gasteiger partial charge in [-0.1, -0.05) is 0 Å². The standard InChI is InChI=1S/C12H14N2O7/c1-2-19-12(18)14-9(15)7-21-10(16)6-13-11(17)8-4-3-5-20-8/h3-5H,2,6-7H2,1H3,(H,13,17)(H,14,15,18). The number of carbonyl (C=O) groups excluding carboxylic acids is 4. The molecule has 0 aliphatic rings. The van der Waals surface area contributed by atoms with E-state index in [2.05, 4.69) is 14.8 Å². The number of furan rings is 1. The van der Waals surface area contributed by atoms with Crippen LogP contribution in [0.1, 0.15) is 17.5 Å². The van der Waals surface area contributed by atoms with E-state index in [4.69, 9.17) is 4.42 Å². The number of imide groups is 1. The lowest BCUT2D eigenvalue weighted by atomic mass is 10.4. The fourth-order valence-corrected chi connectivity index (χ4v) is 1.16. The average Bonchev–Trinajstić information content (AvgIpc) is 2.97. The van der Waals surface area contributed by atoms with Gasteiger partial charge < -0.3 is 19.2 Å². The largest absolute Gasteiger partial charge is 0.459 e. The van der Waals surface area contributed by atoms with Crippen LogP contribution in [-0.4, -0.2) is 43.6 Å². The van der Waals surface area contributed by atoms with Crippen molar-refractivity contribution in [1.29, 1.82) is 0 Å². The van der Waals surface area contributed by atoms with Crippen LogP contribution in [0.4, 0.5) is 4.79 Å². The van der Waals surface area contributed by atoms with Gasteiger partial charge in [-0.3, -0.25) is 19.7 Å². The first kappa shape index (κ1) is 16.2. The molecule has 0 aromatic carbocycles. The van der Waals surface area contributed by atoms with E-state index in [1.165, 1.54) is 18.4 Å². The number of esters is 1. The lowest BCUT2D eigenvalue weighted by molar-refractivity contribution is -0.147. The van der Waals surface area contributed by atoms with E-state index < -0.39 is 37.0 Å². The monoisotopic (exact) mass is 298 g/mol. The molecule has 0 spiro atoms. The van der Waals surface area contributed by atoms with Crippen LogP contribution in [0.3, 0.4) is 0 Å². The Morgan fingerprint density at radius 3 is 2.62 bits per heavy atom. The van der Waals surface area contributed by atoms with Gasteiger partial charge in [-0.2, -0.15) is 0 Å². The summed E-state index contributed by atoms with van der Waals surface area (Å²) in [7, 11) is 0. The summed E-state index contributed by atoms with van der Waals surface area (Å²) < 4.78 is 13.8. The molecule has 3 amide bonds. The smallest absolute Gasteiger partial charge is 0.413 e. The first-order valence-electron chi connectivity index (χ1n) is 5.97. The molecule has 1 aromatic heterocycles. The van der Waals surface area contributed by atoms with Gasteiger partial charge in [0.05, 0.1) is 12.9 Å². The summed E-state index contributed by atoms with van der Waals surface area (Å²) in [6.07, 6.45) is 0.386. The molecule has 1 heterocycles. The number of rotatable bonds is 6. The quantitative estimate of drug-likeness (QED) is 0.698. The summed E-state index contributed by atoms with van der Waals surface area (Å²) in [5, 5.41) is 4.08. The van der Waals surface area contributed by atoms with Crippen molar-refractivity contribution in [3.05, 3.63) is 24.2 Å². The summed E-state index contributed by atoms with van der Waals surface area (Å²) in [4.78, 5) is 44.7. The van der Waals surface area contributed by atoms with Crippen LogP contribution in [0.15, 0.2) is 22.8 Å². The number of hydrogen-bond donors (Lipinski definition) is 2. The molecule has 0 atom stereocenters. The molecule has 1 aromatic rings. The third kappa shape index (κ3) is 6.23. The molecule has 21 heavy (non-hydrogen) atoms. The van der Waals surface area contributed by atoms with E-state index in [-0.39, 0.29) is 12.4 Å². The molecule has 0 saturated carbocycles. The normalized spacial score (nSPS) is 9.57. The van der Waals surface area contributed by atoms with Gasteiger partial charge in [0.1, 0.15) is 6.54 Å².